The predicted molar refractivity (Wildman–Crippen MR) is 129 cm³/mol. The first-order valence-electron chi connectivity index (χ1n) is 9.90. The lowest BCUT2D eigenvalue weighted by atomic mass is 9.90. The van der Waals surface area contributed by atoms with Gasteiger partial charge in [0.15, 0.2) is 0 Å². The van der Waals surface area contributed by atoms with Crippen LogP contribution in [0.15, 0.2) is 131 Å². The van der Waals surface area contributed by atoms with E-state index >= 15 is 0 Å². The molecule has 4 rings (SSSR count). The Balaban J connectivity index is 1.96. The average molecular weight is 444 g/mol. The lowest BCUT2D eigenvalue weighted by Gasteiger charge is -2.36. The van der Waals surface area contributed by atoms with Gasteiger partial charge < -0.3 is 0 Å². The molecule has 0 N–H and O–H groups in total. The number of nitro groups is 1. The standard InChI is InChI=1S/C26H21NO2S2/c28-27(29)25(30-23-17-9-3-10-18-23)26(21-13-5-1-6-14-21,22-15-7-2-8-16-22)31-24-19-11-4-12-20-24/h1-20,25H. The first kappa shape index (κ1) is 21.2. The van der Waals surface area contributed by atoms with Crippen molar-refractivity contribution in [1.29, 1.82) is 0 Å². The molecule has 0 fully saturated rings. The molecule has 5 heteroatoms. The van der Waals surface area contributed by atoms with Gasteiger partial charge in [-0.25, -0.2) is 0 Å². The van der Waals surface area contributed by atoms with Crippen LogP contribution in [0.25, 0.3) is 0 Å². The number of thioether (sulfide) groups is 2. The molecule has 0 amide bonds. The summed E-state index contributed by atoms with van der Waals surface area (Å²) in [6.07, 6.45) is 0. The fraction of sp³-hybridized carbons (Fsp3) is 0.0769. The van der Waals surface area contributed by atoms with Gasteiger partial charge in [0.25, 0.3) is 5.37 Å². The molecule has 4 aromatic rings. The summed E-state index contributed by atoms with van der Waals surface area (Å²) in [5.74, 6) is 0. The van der Waals surface area contributed by atoms with Gasteiger partial charge in [-0.1, -0.05) is 97.1 Å². The van der Waals surface area contributed by atoms with Crippen LogP contribution in [0.1, 0.15) is 11.1 Å². The topological polar surface area (TPSA) is 43.1 Å². The predicted octanol–water partition coefficient (Wildman–Crippen LogP) is 7.12. The fourth-order valence-corrected chi connectivity index (χ4v) is 6.31. The number of nitrogens with zero attached hydrogens (tertiary/aromatic N) is 1. The van der Waals surface area contributed by atoms with Gasteiger partial charge >= 0.3 is 0 Å². The van der Waals surface area contributed by atoms with Crippen LogP contribution >= 0.6 is 23.5 Å². The van der Waals surface area contributed by atoms with Crippen LogP contribution < -0.4 is 0 Å². The van der Waals surface area contributed by atoms with Crippen molar-refractivity contribution in [3.63, 3.8) is 0 Å². The highest BCUT2D eigenvalue weighted by molar-refractivity contribution is 8.04. The van der Waals surface area contributed by atoms with Gasteiger partial charge in [-0.15, -0.1) is 11.8 Å². The molecule has 4 aromatic carbocycles. The molecule has 0 aliphatic carbocycles. The number of benzene rings is 4. The van der Waals surface area contributed by atoms with Crippen molar-refractivity contribution >= 4 is 23.5 Å². The van der Waals surface area contributed by atoms with Crippen LogP contribution in [0, 0.1) is 10.1 Å². The van der Waals surface area contributed by atoms with Crippen molar-refractivity contribution in [3.8, 4) is 0 Å². The van der Waals surface area contributed by atoms with Crippen molar-refractivity contribution < 1.29 is 4.92 Å². The monoisotopic (exact) mass is 443 g/mol. The van der Waals surface area contributed by atoms with E-state index in [0.29, 0.717) is 0 Å². The highest BCUT2D eigenvalue weighted by Crippen LogP contribution is 2.54. The Morgan fingerprint density at radius 1 is 0.613 bits per heavy atom. The lowest BCUT2D eigenvalue weighted by Crippen LogP contribution is -2.41. The van der Waals surface area contributed by atoms with E-state index in [2.05, 4.69) is 0 Å². The van der Waals surface area contributed by atoms with Gasteiger partial charge in [0, 0.05) is 14.7 Å². The maximum absolute atomic E-state index is 12.7. The molecule has 0 aromatic heterocycles. The molecule has 0 aliphatic heterocycles. The minimum Gasteiger partial charge on any atom is -0.263 e. The molecule has 1 unspecified atom stereocenters. The summed E-state index contributed by atoms with van der Waals surface area (Å²) in [5, 5.41) is 11.7. The van der Waals surface area contributed by atoms with Crippen molar-refractivity contribution in [2.75, 3.05) is 0 Å². The number of hydrogen-bond donors (Lipinski definition) is 0. The second-order valence-electron chi connectivity index (χ2n) is 6.95. The molecule has 0 radical (unpaired) electrons. The maximum Gasteiger partial charge on any atom is 0.285 e. The molecule has 3 nitrogen and oxygen atoms in total. The fourth-order valence-electron chi connectivity index (χ4n) is 3.57. The van der Waals surface area contributed by atoms with E-state index in [0.717, 1.165) is 20.9 Å². The molecule has 0 saturated heterocycles. The van der Waals surface area contributed by atoms with Gasteiger partial charge in [-0.3, -0.25) is 10.1 Å². The van der Waals surface area contributed by atoms with Gasteiger partial charge in [-0.2, -0.15) is 0 Å². The summed E-state index contributed by atoms with van der Waals surface area (Å²) in [6.45, 7) is 0. The third-order valence-corrected chi connectivity index (χ3v) is 7.92. The molecule has 154 valence electrons. The summed E-state index contributed by atoms with van der Waals surface area (Å²) in [5.41, 5.74) is 1.81. The van der Waals surface area contributed by atoms with Crippen LogP contribution in [0.4, 0.5) is 0 Å². The minimum atomic E-state index is -0.954. The molecule has 31 heavy (non-hydrogen) atoms. The molecule has 0 heterocycles. The second kappa shape index (κ2) is 9.86. The zero-order chi connectivity index (χ0) is 21.5. The van der Waals surface area contributed by atoms with Gasteiger partial charge in [0.1, 0.15) is 4.75 Å². The first-order valence-corrected chi connectivity index (χ1v) is 11.6. The second-order valence-corrected chi connectivity index (χ2v) is 9.42. The summed E-state index contributed by atoms with van der Waals surface area (Å²) in [7, 11) is 0. The zero-order valence-corrected chi connectivity index (χ0v) is 18.3. The van der Waals surface area contributed by atoms with E-state index in [4.69, 9.17) is 0 Å². The Hall–Kier alpha value is -3.02. The third kappa shape index (κ3) is 4.68. The van der Waals surface area contributed by atoms with E-state index in [1.165, 1.54) is 23.5 Å². The Labute approximate surface area is 190 Å². The molecular weight excluding hydrogens is 422 g/mol. The first-order chi connectivity index (χ1) is 15.2. The summed E-state index contributed by atoms with van der Waals surface area (Å²) in [4.78, 5) is 14.4. The normalized spacial score (nSPS) is 12.3. The lowest BCUT2D eigenvalue weighted by molar-refractivity contribution is -0.499. The molecule has 0 saturated carbocycles. The van der Waals surface area contributed by atoms with Gasteiger partial charge in [0.2, 0.25) is 0 Å². The Morgan fingerprint density at radius 3 is 1.42 bits per heavy atom. The molecular formula is C26H21NO2S2. The third-order valence-electron chi connectivity index (χ3n) is 4.96. The van der Waals surface area contributed by atoms with Gasteiger partial charge in [0.05, 0.1) is 0 Å². The Bertz CT molecular complexity index is 1070. The number of hydrogen-bond acceptors (Lipinski definition) is 4. The van der Waals surface area contributed by atoms with Crippen molar-refractivity contribution in [2.45, 2.75) is 19.9 Å². The van der Waals surface area contributed by atoms with E-state index in [-0.39, 0.29) is 4.92 Å². The van der Waals surface area contributed by atoms with Crippen LogP contribution in [0.5, 0.6) is 0 Å². The van der Waals surface area contributed by atoms with Gasteiger partial charge in [-0.05, 0) is 47.2 Å². The van der Waals surface area contributed by atoms with Crippen LogP contribution in [0.3, 0.4) is 0 Å². The van der Waals surface area contributed by atoms with Crippen LogP contribution in [-0.2, 0) is 4.75 Å². The van der Waals surface area contributed by atoms with E-state index in [9.17, 15) is 10.1 Å². The SMILES string of the molecule is O=[N+]([O-])C(Sc1ccccc1)C(Sc1ccccc1)(c1ccccc1)c1ccccc1. The highest BCUT2D eigenvalue weighted by atomic mass is 32.2. The zero-order valence-electron chi connectivity index (χ0n) is 16.7. The summed E-state index contributed by atoms with van der Waals surface area (Å²) >= 11 is 2.83. The Morgan fingerprint density at radius 2 is 1.00 bits per heavy atom. The van der Waals surface area contributed by atoms with Crippen LogP contribution in [0.2, 0.25) is 0 Å². The molecule has 1 atom stereocenters. The van der Waals surface area contributed by atoms with Crippen molar-refractivity contribution in [1.82, 2.24) is 0 Å². The molecule has 0 aliphatic rings. The van der Waals surface area contributed by atoms with E-state index in [1.54, 1.807) is 0 Å². The van der Waals surface area contributed by atoms with Crippen molar-refractivity contribution in [2.24, 2.45) is 0 Å². The quantitative estimate of drug-likeness (QED) is 0.126. The Kier molecular flexibility index (Phi) is 6.75. The molecule has 0 bridgehead atoms. The summed E-state index contributed by atoms with van der Waals surface area (Å²) < 4.78 is -0.937. The van der Waals surface area contributed by atoms with Crippen LogP contribution in [-0.4, -0.2) is 10.3 Å². The van der Waals surface area contributed by atoms with Crippen molar-refractivity contribution in [3.05, 3.63) is 143 Å². The number of rotatable bonds is 8. The highest BCUT2D eigenvalue weighted by Gasteiger charge is 2.51. The molecule has 0 spiro atoms. The minimum absolute atomic E-state index is 0.145. The van der Waals surface area contributed by atoms with E-state index < -0.39 is 10.1 Å². The largest absolute Gasteiger partial charge is 0.285 e. The maximum atomic E-state index is 12.7. The summed E-state index contributed by atoms with van der Waals surface area (Å²) in [6, 6.07) is 39.1. The van der Waals surface area contributed by atoms with E-state index in [1.807, 2.05) is 121 Å². The average Bonchev–Trinajstić information content (AvgIpc) is 2.83. The smallest absolute Gasteiger partial charge is 0.263 e.